The number of nitrogens with zero attached hydrogens (tertiary/aromatic N) is 1. The highest BCUT2D eigenvalue weighted by atomic mass is 32.2. The summed E-state index contributed by atoms with van der Waals surface area (Å²) >= 11 is 0. The van der Waals surface area contributed by atoms with E-state index in [1.807, 2.05) is 19.1 Å². The predicted octanol–water partition coefficient (Wildman–Crippen LogP) is 3.78. The van der Waals surface area contributed by atoms with E-state index in [4.69, 9.17) is 4.74 Å². The van der Waals surface area contributed by atoms with Crippen LogP contribution in [0.25, 0.3) is 0 Å². The summed E-state index contributed by atoms with van der Waals surface area (Å²) in [6, 6.07) is 3.68. The zero-order valence-electron chi connectivity index (χ0n) is 16.9. The van der Waals surface area contributed by atoms with Crippen LogP contribution < -0.4 is 4.83 Å². The molecule has 0 spiro atoms. The third-order valence-corrected chi connectivity index (χ3v) is 6.79. The molecule has 0 saturated heterocycles. The van der Waals surface area contributed by atoms with Gasteiger partial charge in [-0.05, 0) is 57.6 Å². The van der Waals surface area contributed by atoms with E-state index >= 15 is 0 Å². The van der Waals surface area contributed by atoms with Crippen molar-refractivity contribution in [1.29, 1.82) is 0 Å². The van der Waals surface area contributed by atoms with Crippen LogP contribution in [0.15, 0.2) is 22.1 Å². The quantitative estimate of drug-likeness (QED) is 0.563. The van der Waals surface area contributed by atoms with Crippen molar-refractivity contribution in [2.45, 2.75) is 71.1 Å². The molecule has 1 unspecified atom stereocenters. The molecule has 7 heteroatoms. The van der Waals surface area contributed by atoms with Crippen LogP contribution in [-0.4, -0.2) is 27.2 Å². The highest BCUT2D eigenvalue weighted by Gasteiger charge is 2.47. The third-order valence-electron chi connectivity index (χ3n) is 5.28. The molecule has 1 fully saturated rings. The van der Waals surface area contributed by atoms with Crippen molar-refractivity contribution in [2.24, 2.45) is 10.5 Å². The monoisotopic (exact) mass is 394 g/mol. The molecule has 1 aromatic carbocycles. The fourth-order valence-corrected chi connectivity index (χ4v) is 5.41. The summed E-state index contributed by atoms with van der Waals surface area (Å²) in [6.07, 6.45) is 4.45. The average molecular weight is 395 g/mol. The molecule has 0 bridgehead atoms. The minimum Gasteiger partial charge on any atom is -0.468 e. The van der Waals surface area contributed by atoms with Gasteiger partial charge in [-0.3, -0.25) is 4.79 Å². The molecule has 1 aromatic rings. The van der Waals surface area contributed by atoms with Crippen molar-refractivity contribution in [3.63, 3.8) is 0 Å². The number of ether oxygens (including phenoxy) is 1. The van der Waals surface area contributed by atoms with Gasteiger partial charge in [-0.2, -0.15) is 13.5 Å². The standard InChI is InChI=1S/C20H30N2O4S/c1-6-7-10-20(19(23)26-5)11-8-9-17(20)21-22-27(24,25)18-15(3)12-14(2)13-16(18)4/h12-13,22H,6-11H2,1-5H3/b21-17+. The number of carbonyl (C=O) groups is 1. The lowest BCUT2D eigenvalue weighted by Gasteiger charge is -2.26. The van der Waals surface area contributed by atoms with E-state index in [-0.39, 0.29) is 10.9 Å². The Morgan fingerprint density at radius 2 is 1.89 bits per heavy atom. The maximum atomic E-state index is 12.9. The number of methoxy groups -OCH3 is 1. The molecule has 150 valence electrons. The summed E-state index contributed by atoms with van der Waals surface area (Å²) in [5.74, 6) is -0.325. The molecule has 0 aliphatic heterocycles. The maximum Gasteiger partial charge on any atom is 0.317 e. The molecule has 1 aliphatic carbocycles. The summed E-state index contributed by atoms with van der Waals surface area (Å²) in [6.45, 7) is 7.54. The molecule has 6 nitrogen and oxygen atoms in total. The number of aryl methyl sites for hydroxylation is 3. The highest BCUT2D eigenvalue weighted by Crippen LogP contribution is 2.41. The highest BCUT2D eigenvalue weighted by molar-refractivity contribution is 7.89. The molecule has 0 aromatic heterocycles. The smallest absolute Gasteiger partial charge is 0.317 e. The number of rotatable bonds is 7. The van der Waals surface area contributed by atoms with Crippen LogP contribution in [0.1, 0.15) is 62.1 Å². The van der Waals surface area contributed by atoms with Crippen molar-refractivity contribution in [3.05, 3.63) is 28.8 Å². The number of carbonyl (C=O) groups excluding carboxylic acids is 1. The van der Waals surface area contributed by atoms with Crippen LogP contribution in [0, 0.1) is 26.2 Å². The second-order valence-electron chi connectivity index (χ2n) is 7.41. The Balaban J connectivity index is 2.38. The van der Waals surface area contributed by atoms with Gasteiger partial charge in [0.1, 0.15) is 5.41 Å². The summed E-state index contributed by atoms with van der Waals surface area (Å²) in [5.41, 5.74) is 2.13. The van der Waals surface area contributed by atoms with Crippen LogP contribution in [0.2, 0.25) is 0 Å². The van der Waals surface area contributed by atoms with Gasteiger partial charge in [0.25, 0.3) is 10.0 Å². The zero-order chi connectivity index (χ0) is 20.2. The van der Waals surface area contributed by atoms with Crippen molar-refractivity contribution in [2.75, 3.05) is 7.11 Å². The molecule has 0 amide bonds. The van der Waals surface area contributed by atoms with Crippen molar-refractivity contribution < 1.29 is 17.9 Å². The fourth-order valence-electron chi connectivity index (χ4n) is 4.12. The number of unbranched alkanes of at least 4 members (excludes halogenated alkanes) is 1. The number of benzene rings is 1. The topological polar surface area (TPSA) is 84.8 Å². The second-order valence-corrected chi connectivity index (χ2v) is 9.01. The molecular weight excluding hydrogens is 364 g/mol. The molecule has 1 atom stereocenters. The normalized spacial score (nSPS) is 21.4. The number of sulfonamides is 1. The van der Waals surface area contributed by atoms with Crippen LogP contribution in [-0.2, 0) is 19.6 Å². The van der Waals surface area contributed by atoms with E-state index in [1.54, 1.807) is 13.8 Å². The van der Waals surface area contributed by atoms with Crippen molar-refractivity contribution in [1.82, 2.24) is 4.83 Å². The lowest BCUT2D eigenvalue weighted by Crippen LogP contribution is -2.38. The SMILES string of the molecule is CCCCC1(C(=O)OC)CCC/C1=N\NS(=O)(=O)c1c(C)cc(C)cc1C. The number of hydrogen-bond donors (Lipinski definition) is 1. The first-order valence-electron chi connectivity index (χ1n) is 9.43. The average Bonchev–Trinajstić information content (AvgIpc) is 3.00. The van der Waals surface area contributed by atoms with Gasteiger partial charge in [-0.1, -0.05) is 37.5 Å². The van der Waals surface area contributed by atoms with Crippen molar-refractivity contribution in [3.8, 4) is 0 Å². The largest absolute Gasteiger partial charge is 0.468 e. The molecule has 1 saturated carbocycles. The molecule has 1 aliphatic rings. The zero-order valence-corrected chi connectivity index (χ0v) is 17.7. The Labute approximate surface area is 162 Å². The van der Waals surface area contributed by atoms with Gasteiger partial charge in [-0.25, -0.2) is 4.83 Å². The maximum absolute atomic E-state index is 12.9. The van der Waals surface area contributed by atoms with Gasteiger partial charge in [0.15, 0.2) is 0 Å². The summed E-state index contributed by atoms with van der Waals surface area (Å²) in [7, 11) is -2.45. The molecule has 1 N–H and O–H groups in total. The molecular formula is C20H30N2O4S. The Hall–Kier alpha value is -1.89. The number of nitrogens with one attached hydrogen (secondary N) is 1. The minimum absolute atomic E-state index is 0.243. The van der Waals surface area contributed by atoms with E-state index < -0.39 is 15.4 Å². The van der Waals surface area contributed by atoms with Gasteiger partial charge in [-0.15, -0.1) is 0 Å². The first kappa shape index (κ1) is 21.4. The van der Waals surface area contributed by atoms with Crippen LogP contribution in [0.5, 0.6) is 0 Å². The Kier molecular flexibility index (Phi) is 6.68. The lowest BCUT2D eigenvalue weighted by molar-refractivity contribution is -0.148. The van der Waals surface area contributed by atoms with E-state index in [0.29, 0.717) is 36.1 Å². The molecule has 27 heavy (non-hydrogen) atoms. The Morgan fingerprint density at radius 3 is 2.44 bits per heavy atom. The van der Waals surface area contributed by atoms with E-state index in [0.717, 1.165) is 24.8 Å². The summed E-state index contributed by atoms with van der Waals surface area (Å²) in [4.78, 5) is 15.1. The number of esters is 1. The summed E-state index contributed by atoms with van der Waals surface area (Å²) in [5, 5.41) is 4.23. The van der Waals surface area contributed by atoms with Crippen LogP contribution in [0.4, 0.5) is 0 Å². The number of hydrazone groups is 1. The van der Waals surface area contributed by atoms with E-state index in [2.05, 4.69) is 16.9 Å². The molecule has 0 heterocycles. The van der Waals surface area contributed by atoms with Gasteiger partial charge >= 0.3 is 5.97 Å². The number of hydrogen-bond acceptors (Lipinski definition) is 5. The molecule has 2 rings (SSSR count). The lowest BCUT2D eigenvalue weighted by atomic mass is 9.80. The first-order chi connectivity index (χ1) is 12.7. The van der Waals surface area contributed by atoms with Gasteiger partial charge < -0.3 is 4.74 Å². The Morgan fingerprint density at radius 1 is 1.26 bits per heavy atom. The minimum atomic E-state index is -3.82. The Bertz CT molecular complexity index is 823. The van der Waals surface area contributed by atoms with Gasteiger partial charge in [0.05, 0.1) is 17.7 Å². The van der Waals surface area contributed by atoms with Gasteiger partial charge in [0, 0.05) is 0 Å². The van der Waals surface area contributed by atoms with E-state index in [1.165, 1.54) is 7.11 Å². The van der Waals surface area contributed by atoms with Gasteiger partial charge in [0.2, 0.25) is 0 Å². The van der Waals surface area contributed by atoms with Crippen molar-refractivity contribution >= 4 is 21.7 Å². The van der Waals surface area contributed by atoms with E-state index in [9.17, 15) is 13.2 Å². The molecule has 0 radical (unpaired) electrons. The third kappa shape index (κ3) is 4.34. The first-order valence-corrected chi connectivity index (χ1v) is 10.9. The predicted molar refractivity (Wildman–Crippen MR) is 106 cm³/mol. The second kappa shape index (κ2) is 8.42. The van der Waals surface area contributed by atoms with Crippen LogP contribution in [0.3, 0.4) is 0 Å². The van der Waals surface area contributed by atoms with Crippen LogP contribution >= 0.6 is 0 Å². The fraction of sp³-hybridized carbons (Fsp3) is 0.600. The summed E-state index contributed by atoms with van der Waals surface area (Å²) < 4.78 is 30.8.